The lowest BCUT2D eigenvalue weighted by Gasteiger charge is -2.29. The van der Waals surface area contributed by atoms with E-state index < -0.39 is 0 Å². The Hall–Kier alpha value is -1.03. The number of hydrogen-bond donors (Lipinski definition) is 1. The maximum Gasteiger partial charge on any atom is 0.161 e. The van der Waals surface area contributed by atoms with Crippen LogP contribution < -0.4 is 5.32 Å². The van der Waals surface area contributed by atoms with E-state index in [0.29, 0.717) is 0 Å². The summed E-state index contributed by atoms with van der Waals surface area (Å²) in [7, 11) is 0. The Morgan fingerprint density at radius 1 is 1.44 bits per heavy atom. The number of anilines is 1. The van der Waals surface area contributed by atoms with Crippen LogP contribution in [0.2, 0.25) is 0 Å². The van der Waals surface area contributed by atoms with Gasteiger partial charge >= 0.3 is 0 Å². The van der Waals surface area contributed by atoms with E-state index in [-0.39, 0.29) is 11.4 Å². The topological polar surface area (TPSA) is 24.4 Å². The first-order chi connectivity index (χ1) is 8.50. The molecule has 18 heavy (non-hydrogen) atoms. The second-order valence-electron chi connectivity index (χ2n) is 5.01. The fourth-order valence-electron chi connectivity index (χ4n) is 1.95. The third-order valence-electron chi connectivity index (χ3n) is 3.31. The number of amidine groups is 1. The largest absolute Gasteiger partial charge is 0.335 e. The molecule has 0 saturated carbocycles. The Morgan fingerprint density at radius 2 is 2.22 bits per heavy atom. The molecule has 0 amide bonds. The van der Waals surface area contributed by atoms with Gasteiger partial charge in [0.1, 0.15) is 5.82 Å². The molecule has 1 N–H and O–H groups in total. The summed E-state index contributed by atoms with van der Waals surface area (Å²) in [6.07, 6.45) is 2.13. The molecule has 2 rings (SSSR count). The van der Waals surface area contributed by atoms with E-state index in [2.05, 4.69) is 19.2 Å². The molecule has 2 nitrogen and oxygen atoms in total. The quantitative estimate of drug-likeness (QED) is 0.867. The van der Waals surface area contributed by atoms with Crippen molar-refractivity contribution in [3.63, 3.8) is 0 Å². The monoisotopic (exact) mass is 266 g/mol. The van der Waals surface area contributed by atoms with Crippen LogP contribution in [-0.4, -0.2) is 16.5 Å². The van der Waals surface area contributed by atoms with E-state index in [9.17, 15) is 4.39 Å². The van der Waals surface area contributed by atoms with E-state index in [1.807, 2.05) is 13.0 Å². The molecule has 0 fully saturated rings. The van der Waals surface area contributed by atoms with E-state index in [1.165, 1.54) is 12.1 Å². The summed E-state index contributed by atoms with van der Waals surface area (Å²) in [5, 5.41) is 4.12. The molecule has 1 atom stereocenters. The van der Waals surface area contributed by atoms with Crippen molar-refractivity contribution in [2.45, 2.75) is 39.2 Å². The van der Waals surface area contributed by atoms with Crippen molar-refractivity contribution in [2.75, 3.05) is 11.1 Å². The standard InChI is InChI=1S/C14H19FN2S/c1-4-14(3)5-6-18-13(17-14)16-12-8-10(2)7-11(15)9-12/h7-9H,4-6H2,1-3H3,(H,16,17). The van der Waals surface area contributed by atoms with Crippen molar-refractivity contribution in [2.24, 2.45) is 4.99 Å². The zero-order chi connectivity index (χ0) is 13.2. The minimum absolute atomic E-state index is 0.0238. The summed E-state index contributed by atoms with van der Waals surface area (Å²) in [5.41, 5.74) is 1.71. The van der Waals surface area contributed by atoms with Crippen molar-refractivity contribution in [3.8, 4) is 0 Å². The Kier molecular flexibility index (Phi) is 3.95. The van der Waals surface area contributed by atoms with E-state index in [4.69, 9.17) is 4.99 Å². The normalized spacial score (nSPS) is 23.7. The minimum Gasteiger partial charge on any atom is -0.335 e. The number of benzene rings is 1. The van der Waals surface area contributed by atoms with Gasteiger partial charge in [-0.3, -0.25) is 4.99 Å². The van der Waals surface area contributed by atoms with Crippen LogP contribution in [0.15, 0.2) is 23.2 Å². The molecule has 0 spiro atoms. The van der Waals surface area contributed by atoms with Gasteiger partial charge in [0, 0.05) is 11.4 Å². The van der Waals surface area contributed by atoms with Crippen molar-refractivity contribution < 1.29 is 4.39 Å². The van der Waals surface area contributed by atoms with Crippen LogP contribution >= 0.6 is 11.8 Å². The average molecular weight is 266 g/mol. The number of rotatable bonds is 2. The second-order valence-corrected chi connectivity index (χ2v) is 6.09. The zero-order valence-corrected chi connectivity index (χ0v) is 11.9. The molecular formula is C14H19FN2S. The van der Waals surface area contributed by atoms with Crippen LogP contribution in [0.5, 0.6) is 0 Å². The maximum absolute atomic E-state index is 13.3. The summed E-state index contributed by atoms with van der Waals surface area (Å²) < 4.78 is 13.3. The van der Waals surface area contributed by atoms with Gasteiger partial charge in [-0.2, -0.15) is 0 Å². The number of hydrogen-bond acceptors (Lipinski definition) is 3. The first-order valence-electron chi connectivity index (χ1n) is 6.28. The van der Waals surface area contributed by atoms with Crippen LogP contribution in [0.1, 0.15) is 32.3 Å². The molecule has 1 aliphatic heterocycles. The molecular weight excluding hydrogens is 247 g/mol. The highest BCUT2D eigenvalue weighted by Gasteiger charge is 2.25. The van der Waals surface area contributed by atoms with E-state index >= 15 is 0 Å². The zero-order valence-electron chi connectivity index (χ0n) is 11.1. The Balaban J connectivity index is 2.18. The van der Waals surface area contributed by atoms with Crippen LogP contribution in [0, 0.1) is 12.7 Å². The molecule has 0 saturated heterocycles. The van der Waals surface area contributed by atoms with Gasteiger partial charge in [0.15, 0.2) is 5.17 Å². The Labute approximate surface area is 112 Å². The van der Waals surface area contributed by atoms with E-state index in [0.717, 1.165) is 35.0 Å². The first-order valence-corrected chi connectivity index (χ1v) is 7.26. The SMILES string of the molecule is CCC1(C)CCSC(Nc2cc(C)cc(F)c2)=N1. The summed E-state index contributed by atoms with van der Waals surface area (Å²) in [6, 6.07) is 4.97. The van der Waals surface area contributed by atoms with Crippen LogP contribution in [0.4, 0.5) is 10.1 Å². The molecule has 4 heteroatoms. The summed E-state index contributed by atoms with van der Waals surface area (Å²) >= 11 is 1.70. The average Bonchev–Trinajstić information content (AvgIpc) is 2.27. The van der Waals surface area contributed by atoms with Crippen molar-refractivity contribution in [3.05, 3.63) is 29.6 Å². The molecule has 1 aromatic rings. The van der Waals surface area contributed by atoms with Gasteiger partial charge in [0.2, 0.25) is 0 Å². The van der Waals surface area contributed by atoms with Crippen molar-refractivity contribution in [1.29, 1.82) is 0 Å². The summed E-state index contributed by atoms with van der Waals surface area (Å²) in [6.45, 7) is 6.22. The summed E-state index contributed by atoms with van der Waals surface area (Å²) in [4.78, 5) is 4.73. The predicted molar refractivity (Wildman–Crippen MR) is 78.0 cm³/mol. The van der Waals surface area contributed by atoms with Gasteiger partial charge in [0.25, 0.3) is 0 Å². The third kappa shape index (κ3) is 3.25. The molecule has 0 aliphatic carbocycles. The van der Waals surface area contributed by atoms with Gasteiger partial charge in [0.05, 0.1) is 5.54 Å². The number of aryl methyl sites for hydroxylation is 1. The molecule has 1 aliphatic rings. The first kappa shape index (κ1) is 13.4. The molecule has 0 aromatic heterocycles. The van der Waals surface area contributed by atoms with Gasteiger partial charge in [-0.15, -0.1) is 0 Å². The van der Waals surface area contributed by atoms with Gasteiger partial charge < -0.3 is 5.32 Å². The van der Waals surface area contributed by atoms with E-state index in [1.54, 1.807) is 11.8 Å². The molecule has 98 valence electrons. The maximum atomic E-state index is 13.3. The fourth-order valence-corrected chi connectivity index (χ4v) is 3.16. The predicted octanol–water partition coefficient (Wildman–Crippen LogP) is 4.21. The number of halogens is 1. The van der Waals surface area contributed by atoms with Crippen molar-refractivity contribution in [1.82, 2.24) is 0 Å². The lowest BCUT2D eigenvalue weighted by Crippen LogP contribution is -2.29. The van der Waals surface area contributed by atoms with Gasteiger partial charge in [-0.1, -0.05) is 18.7 Å². The number of thioether (sulfide) groups is 1. The van der Waals surface area contributed by atoms with Crippen LogP contribution in [0.3, 0.4) is 0 Å². The Bertz CT molecular complexity index is 453. The summed E-state index contributed by atoms with van der Waals surface area (Å²) in [5.74, 6) is 0.849. The van der Waals surface area contributed by atoms with Crippen LogP contribution in [0.25, 0.3) is 0 Å². The fraction of sp³-hybridized carbons (Fsp3) is 0.500. The smallest absolute Gasteiger partial charge is 0.161 e. The van der Waals surface area contributed by atoms with Gasteiger partial charge in [-0.25, -0.2) is 4.39 Å². The number of nitrogens with zero attached hydrogens (tertiary/aromatic N) is 1. The number of nitrogens with one attached hydrogen (secondary N) is 1. The molecule has 1 heterocycles. The lowest BCUT2D eigenvalue weighted by atomic mass is 9.97. The molecule has 1 unspecified atom stereocenters. The minimum atomic E-state index is -0.211. The number of aliphatic imine (C=N–C) groups is 1. The molecule has 0 radical (unpaired) electrons. The second kappa shape index (κ2) is 5.31. The molecule has 1 aromatic carbocycles. The third-order valence-corrected chi connectivity index (χ3v) is 4.18. The van der Waals surface area contributed by atoms with Crippen molar-refractivity contribution >= 4 is 22.6 Å². The van der Waals surface area contributed by atoms with Gasteiger partial charge in [-0.05, 0) is 50.5 Å². The van der Waals surface area contributed by atoms with Crippen LogP contribution in [-0.2, 0) is 0 Å². The lowest BCUT2D eigenvalue weighted by molar-refractivity contribution is 0.443. The highest BCUT2D eigenvalue weighted by Crippen LogP contribution is 2.30. The highest BCUT2D eigenvalue weighted by molar-refractivity contribution is 8.14. The molecule has 0 bridgehead atoms. The highest BCUT2D eigenvalue weighted by atomic mass is 32.2. The Morgan fingerprint density at radius 3 is 2.89 bits per heavy atom.